The lowest BCUT2D eigenvalue weighted by molar-refractivity contribution is 0.317. The Labute approximate surface area is 117 Å². The van der Waals surface area contributed by atoms with Crippen LogP contribution in [0.5, 0.6) is 0 Å². The average Bonchev–Trinajstić information content (AvgIpc) is 3.16. The summed E-state index contributed by atoms with van der Waals surface area (Å²) < 4.78 is 0. The first-order chi connectivity index (χ1) is 9.22. The van der Waals surface area contributed by atoms with Crippen molar-refractivity contribution in [2.24, 2.45) is 0 Å². The van der Waals surface area contributed by atoms with E-state index in [2.05, 4.69) is 48.3 Å². The quantitative estimate of drug-likeness (QED) is 0.873. The molecule has 0 amide bonds. The van der Waals surface area contributed by atoms with E-state index in [4.69, 9.17) is 0 Å². The minimum Gasteiger partial charge on any atom is -0.309 e. The molecule has 1 saturated carbocycles. The second-order valence-corrected chi connectivity index (χ2v) is 6.49. The van der Waals surface area contributed by atoms with E-state index in [9.17, 15) is 0 Å². The van der Waals surface area contributed by atoms with Gasteiger partial charge in [0, 0.05) is 31.7 Å². The summed E-state index contributed by atoms with van der Waals surface area (Å²) >= 11 is 0. The van der Waals surface area contributed by atoms with E-state index >= 15 is 0 Å². The predicted octanol–water partition coefficient (Wildman–Crippen LogP) is 3.14. The summed E-state index contributed by atoms with van der Waals surface area (Å²) in [7, 11) is 0. The lowest BCUT2D eigenvalue weighted by atomic mass is 10.0. The molecule has 3 rings (SSSR count). The zero-order valence-corrected chi connectivity index (χ0v) is 12.2. The largest absolute Gasteiger partial charge is 0.309 e. The molecule has 1 N–H and O–H groups in total. The molecule has 2 aliphatic rings. The first-order valence-electron chi connectivity index (χ1n) is 7.78. The van der Waals surface area contributed by atoms with Gasteiger partial charge in [0.1, 0.15) is 0 Å². The maximum Gasteiger partial charge on any atom is 0.0210 e. The maximum atomic E-state index is 3.72. The molecule has 1 aromatic rings. The Kier molecular flexibility index (Phi) is 3.90. The maximum absolute atomic E-state index is 3.72. The van der Waals surface area contributed by atoms with Gasteiger partial charge in [-0.2, -0.15) is 0 Å². The van der Waals surface area contributed by atoms with Crippen LogP contribution in [0.1, 0.15) is 50.2 Å². The number of rotatable bonds is 5. The molecule has 19 heavy (non-hydrogen) atoms. The van der Waals surface area contributed by atoms with Crippen molar-refractivity contribution >= 4 is 0 Å². The highest BCUT2D eigenvalue weighted by atomic mass is 15.2. The highest BCUT2D eigenvalue weighted by Gasteiger charge is 2.33. The summed E-state index contributed by atoms with van der Waals surface area (Å²) in [4.78, 5) is 2.67. The van der Waals surface area contributed by atoms with Crippen LogP contribution in [0.2, 0.25) is 0 Å². The number of likely N-dealkylation sites (tertiary alicyclic amines) is 1. The third-order valence-electron chi connectivity index (χ3n) is 4.52. The summed E-state index contributed by atoms with van der Waals surface area (Å²) in [5.74, 6) is 0.629. The van der Waals surface area contributed by atoms with Crippen molar-refractivity contribution in [3.8, 4) is 0 Å². The van der Waals surface area contributed by atoms with Gasteiger partial charge in [0.05, 0.1) is 0 Å². The molecule has 0 bridgehead atoms. The van der Waals surface area contributed by atoms with Gasteiger partial charge in [-0.25, -0.2) is 0 Å². The van der Waals surface area contributed by atoms with E-state index in [1.54, 1.807) is 0 Å². The van der Waals surface area contributed by atoms with Crippen molar-refractivity contribution in [3.63, 3.8) is 0 Å². The van der Waals surface area contributed by atoms with Crippen LogP contribution < -0.4 is 5.32 Å². The van der Waals surface area contributed by atoms with Gasteiger partial charge >= 0.3 is 0 Å². The second-order valence-electron chi connectivity index (χ2n) is 6.49. The molecule has 1 saturated heterocycles. The summed E-state index contributed by atoms with van der Waals surface area (Å²) in [6.45, 7) is 8.07. The first kappa shape index (κ1) is 13.1. The van der Waals surface area contributed by atoms with E-state index in [-0.39, 0.29) is 0 Å². The van der Waals surface area contributed by atoms with Gasteiger partial charge < -0.3 is 5.32 Å². The molecule has 1 unspecified atom stereocenters. The fourth-order valence-corrected chi connectivity index (χ4v) is 3.01. The Bertz CT molecular complexity index is 406. The molecule has 2 nitrogen and oxygen atoms in total. The Morgan fingerprint density at radius 3 is 2.53 bits per heavy atom. The Balaban J connectivity index is 1.46. The molecule has 1 atom stereocenters. The van der Waals surface area contributed by atoms with Crippen LogP contribution in [0.25, 0.3) is 0 Å². The first-order valence-corrected chi connectivity index (χ1v) is 7.78. The topological polar surface area (TPSA) is 15.3 Å². The summed E-state index contributed by atoms with van der Waals surface area (Å²) in [5.41, 5.74) is 2.85. The monoisotopic (exact) mass is 258 g/mol. The van der Waals surface area contributed by atoms with Crippen LogP contribution in [0, 0.1) is 0 Å². The van der Waals surface area contributed by atoms with Crippen LogP contribution in [0.15, 0.2) is 24.3 Å². The van der Waals surface area contributed by atoms with Gasteiger partial charge in [-0.05, 0) is 36.3 Å². The summed E-state index contributed by atoms with van der Waals surface area (Å²) in [5, 5.41) is 3.72. The van der Waals surface area contributed by atoms with Crippen molar-refractivity contribution in [1.29, 1.82) is 0 Å². The number of hydrogen-bond acceptors (Lipinski definition) is 2. The Morgan fingerprint density at radius 1 is 1.16 bits per heavy atom. The minimum atomic E-state index is 0.629. The fraction of sp³-hybridized carbons (Fsp3) is 0.647. The van der Waals surface area contributed by atoms with Gasteiger partial charge in [-0.1, -0.05) is 38.1 Å². The highest BCUT2D eigenvalue weighted by Crippen LogP contribution is 2.29. The lowest BCUT2D eigenvalue weighted by Gasteiger charge is -2.16. The molecule has 1 aliphatic carbocycles. The van der Waals surface area contributed by atoms with Crippen LogP contribution in [-0.4, -0.2) is 30.1 Å². The van der Waals surface area contributed by atoms with Crippen molar-refractivity contribution in [2.75, 3.05) is 13.1 Å². The van der Waals surface area contributed by atoms with Gasteiger partial charge in [-0.15, -0.1) is 0 Å². The SMILES string of the molecule is CC(C)c1ccc(CNC2CCN(C3CC3)C2)cc1. The third-order valence-corrected chi connectivity index (χ3v) is 4.52. The molecule has 1 aliphatic heterocycles. The van der Waals surface area contributed by atoms with Crippen LogP contribution in [0.3, 0.4) is 0 Å². The van der Waals surface area contributed by atoms with Crippen LogP contribution in [0.4, 0.5) is 0 Å². The third kappa shape index (κ3) is 3.37. The van der Waals surface area contributed by atoms with Crippen molar-refractivity contribution in [1.82, 2.24) is 10.2 Å². The molecule has 0 spiro atoms. The molecule has 2 heteroatoms. The standard InChI is InChI=1S/C17H26N2/c1-13(2)15-5-3-14(4-6-15)11-18-16-9-10-19(12-16)17-7-8-17/h3-6,13,16-18H,7-12H2,1-2H3. The fourth-order valence-electron chi connectivity index (χ4n) is 3.01. The van der Waals surface area contributed by atoms with E-state index in [1.165, 1.54) is 43.5 Å². The van der Waals surface area contributed by atoms with Crippen LogP contribution >= 0.6 is 0 Å². The van der Waals surface area contributed by atoms with E-state index in [1.807, 2.05) is 0 Å². The van der Waals surface area contributed by atoms with Gasteiger partial charge in [0.15, 0.2) is 0 Å². The smallest absolute Gasteiger partial charge is 0.0210 e. The Hall–Kier alpha value is -0.860. The molecule has 1 aromatic carbocycles. The molecule has 104 valence electrons. The average molecular weight is 258 g/mol. The predicted molar refractivity (Wildman–Crippen MR) is 80.4 cm³/mol. The molecule has 0 radical (unpaired) electrons. The molecule has 1 heterocycles. The zero-order valence-electron chi connectivity index (χ0n) is 12.2. The van der Waals surface area contributed by atoms with Gasteiger partial charge in [-0.3, -0.25) is 4.90 Å². The minimum absolute atomic E-state index is 0.629. The summed E-state index contributed by atoms with van der Waals surface area (Å²) in [6.07, 6.45) is 4.19. The zero-order chi connectivity index (χ0) is 13.2. The van der Waals surface area contributed by atoms with Crippen molar-refractivity contribution in [2.45, 2.75) is 57.7 Å². The summed E-state index contributed by atoms with van der Waals surface area (Å²) in [6, 6.07) is 10.7. The molecule has 2 fully saturated rings. The van der Waals surface area contributed by atoms with E-state index in [0.29, 0.717) is 12.0 Å². The molecule has 0 aromatic heterocycles. The number of nitrogens with zero attached hydrogens (tertiary/aromatic N) is 1. The van der Waals surface area contributed by atoms with E-state index < -0.39 is 0 Å². The number of benzene rings is 1. The second kappa shape index (κ2) is 5.64. The van der Waals surface area contributed by atoms with Gasteiger partial charge in [0.2, 0.25) is 0 Å². The number of hydrogen-bond donors (Lipinski definition) is 1. The number of nitrogens with one attached hydrogen (secondary N) is 1. The Morgan fingerprint density at radius 2 is 1.89 bits per heavy atom. The van der Waals surface area contributed by atoms with E-state index in [0.717, 1.165) is 12.6 Å². The van der Waals surface area contributed by atoms with Crippen molar-refractivity contribution in [3.05, 3.63) is 35.4 Å². The molecular formula is C17H26N2. The highest BCUT2D eigenvalue weighted by molar-refractivity contribution is 5.24. The van der Waals surface area contributed by atoms with Gasteiger partial charge in [0.25, 0.3) is 0 Å². The lowest BCUT2D eigenvalue weighted by Crippen LogP contribution is -2.32. The van der Waals surface area contributed by atoms with Crippen LogP contribution in [-0.2, 0) is 6.54 Å². The van der Waals surface area contributed by atoms with Crippen molar-refractivity contribution < 1.29 is 0 Å². The molecular weight excluding hydrogens is 232 g/mol. The normalized spacial score (nSPS) is 24.3.